The van der Waals surface area contributed by atoms with E-state index in [1.165, 1.54) is 54.9 Å². The first-order valence-corrected chi connectivity index (χ1v) is 10.3. The highest BCUT2D eigenvalue weighted by atomic mass is 14.5. The Morgan fingerprint density at radius 2 is 0.897 bits per heavy atom. The zero-order chi connectivity index (χ0) is 19.6. The zero-order valence-corrected chi connectivity index (χ0v) is 16.7. The van der Waals surface area contributed by atoms with Crippen molar-refractivity contribution in [1.29, 1.82) is 0 Å². The molecule has 0 atom stereocenters. The molecule has 29 heavy (non-hydrogen) atoms. The lowest BCUT2D eigenvalue weighted by atomic mass is 9.67. The SMILES string of the molecule is Cc1cc2c3c(ccc4cc(C)cc(c43)C2(c2ccccc2)c2ccccc2)c1. The topological polar surface area (TPSA) is 0 Å². The summed E-state index contributed by atoms with van der Waals surface area (Å²) in [5.41, 5.74) is 7.83. The third-order valence-electron chi connectivity index (χ3n) is 6.54. The third-order valence-corrected chi connectivity index (χ3v) is 6.54. The van der Waals surface area contributed by atoms with Crippen LogP contribution in [0.3, 0.4) is 0 Å². The monoisotopic (exact) mass is 370 g/mol. The van der Waals surface area contributed by atoms with Crippen LogP contribution in [-0.2, 0) is 5.41 Å². The van der Waals surface area contributed by atoms with Crippen LogP contribution in [0.2, 0.25) is 0 Å². The molecule has 0 fully saturated rings. The van der Waals surface area contributed by atoms with Gasteiger partial charge in [-0.25, -0.2) is 0 Å². The van der Waals surface area contributed by atoms with Gasteiger partial charge in [-0.05, 0) is 57.6 Å². The summed E-state index contributed by atoms with van der Waals surface area (Å²) in [4.78, 5) is 0. The van der Waals surface area contributed by atoms with Crippen molar-refractivity contribution in [3.63, 3.8) is 0 Å². The van der Waals surface area contributed by atoms with Gasteiger partial charge in [0.25, 0.3) is 0 Å². The maximum atomic E-state index is 2.41. The van der Waals surface area contributed by atoms with Crippen molar-refractivity contribution in [2.75, 3.05) is 0 Å². The fourth-order valence-corrected chi connectivity index (χ4v) is 5.53. The van der Waals surface area contributed by atoms with Crippen LogP contribution in [0.25, 0.3) is 21.5 Å². The largest absolute Gasteiger partial charge is 0.0714 e. The van der Waals surface area contributed by atoms with Crippen LogP contribution in [0.5, 0.6) is 0 Å². The lowest BCUT2D eigenvalue weighted by Crippen LogP contribution is -2.29. The summed E-state index contributed by atoms with van der Waals surface area (Å²) in [6.45, 7) is 4.43. The number of rotatable bonds is 2. The fraction of sp³-hybridized carbons (Fsp3) is 0.103. The molecule has 0 heterocycles. The van der Waals surface area contributed by atoms with E-state index in [2.05, 4.69) is 111 Å². The summed E-state index contributed by atoms with van der Waals surface area (Å²) in [6.07, 6.45) is 0. The Labute approximate surface area is 171 Å². The molecule has 0 N–H and O–H groups in total. The highest BCUT2D eigenvalue weighted by Gasteiger charge is 2.45. The van der Waals surface area contributed by atoms with Crippen molar-refractivity contribution in [2.45, 2.75) is 19.3 Å². The van der Waals surface area contributed by atoms with Gasteiger partial charge >= 0.3 is 0 Å². The van der Waals surface area contributed by atoms with Gasteiger partial charge in [-0.1, -0.05) is 108 Å². The van der Waals surface area contributed by atoms with Crippen molar-refractivity contribution in [2.24, 2.45) is 0 Å². The van der Waals surface area contributed by atoms with Gasteiger partial charge in [-0.15, -0.1) is 0 Å². The minimum atomic E-state index is -0.291. The number of hydrogen-bond acceptors (Lipinski definition) is 0. The first-order chi connectivity index (χ1) is 14.2. The summed E-state index contributed by atoms with van der Waals surface area (Å²) >= 11 is 0. The summed E-state index contributed by atoms with van der Waals surface area (Å²) in [5.74, 6) is 0. The first-order valence-electron chi connectivity index (χ1n) is 10.3. The minimum absolute atomic E-state index is 0.291. The summed E-state index contributed by atoms with van der Waals surface area (Å²) in [5, 5.41) is 5.50. The molecule has 0 heteroatoms. The Balaban J connectivity index is 1.92. The van der Waals surface area contributed by atoms with Crippen LogP contribution in [0.15, 0.2) is 97.1 Å². The quantitative estimate of drug-likeness (QED) is 0.280. The van der Waals surface area contributed by atoms with E-state index < -0.39 is 0 Å². The number of hydrogen-bond donors (Lipinski definition) is 0. The maximum absolute atomic E-state index is 2.41. The van der Waals surface area contributed by atoms with E-state index >= 15 is 0 Å². The van der Waals surface area contributed by atoms with E-state index in [4.69, 9.17) is 0 Å². The van der Waals surface area contributed by atoms with Crippen molar-refractivity contribution in [3.05, 3.63) is 130 Å². The van der Waals surface area contributed by atoms with E-state index in [0.29, 0.717) is 0 Å². The predicted molar refractivity (Wildman–Crippen MR) is 123 cm³/mol. The van der Waals surface area contributed by atoms with E-state index in [1.807, 2.05) is 0 Å². The van der Waals surface area contributed by atoms with Gasteiger partial charge in [-0.3, -0.25) is 0 Å². The molecule has 1 aliphatic carbocycles. The van der Waals surface area contributed by atoms with Crippen LogP contribution in [0, 0.1) is 13.8 Å². The van der Waals surface area contributed by atoms with Crippen LogP contribution in [0.1, 0.15) is 33.4 Å². The van der Waals surface area contributed by atoms with Crippen molar-refractivity contribution in [3.8, 4) is 0 Å². The molecule has 0 radical (unpaired) electrons. The Bertz CT molecular complexity index is 1280. The zero-order valence-electron chi connectivity index (χ0n) is 16.7. The molecule has 0 nitrogen and oxygen atoms in total. The molecule has 5 aromatic rings. The molecule has 5 aromatic carbocycles. The highest BCUT2D eigenvalue weighted by molar-refractivity contribution is 6.16. The first kappa shape index (κ1) is 16.6. The second-order valence-electron chi connectivity index (χ2n) is 8.37. The number of benzene rings is 5. The van der Waals surface area contributed by atoms with Gasteiger partial charge in [0.2, 0.25) is 0 Å². The molecule has 1 aliphatic rings. The fourth-order valence-electron chi connectivity index (χ4n) is 5.53. The maximum Gasteiger partial charge on any atom is 0.0714 e. The molecule has 6 rings (SSSR count). The van der Waals surface area contributed by atoms with Crippen LogP contribution < -0.4 is 0 Å². The minimum Gasteiger partial charge on any atom is -0.0622 e. The standard InChI is InChI=1S/C29H22/c1-19-15-21-13-14-22-16-20(2)18-26-28(22)27(21)25(17-19)29(26,23-9-5-3-6-10-23)24-11-7-4-8-12-24/h3-18H,1-2H3. The second-order valence-corrected chi connectivity index (χ2v) is 8.37. The molecule has 0 bridgehead atoms. The Kier molecular flexibility index (Phi) is 3.32. The third kappa shape index (κ3) is 2.09. The average molecular weight is 370 g/mol. The Hall–Kier alpha value is -3.38. The van der Waals surface area contributed by atoms with Gasteiger partial charge in [0.05, 0.1) is 5.41 Å². The van der Waals surface area contributed by atoms with E-state index in [9.17, 15) is 0 Å². The summed E-state index contributed by atoms with van der Waals surface area (Å²) < 4.78 is 0. The van der Waals surface area contributed by atoms with Gasteiger partial charge in [0.15, 0.2) is 0 Å². The Morgan fingerprint density at radius 1 is 0.483 bits per heavy atom. The molecule has 0 amide bonds. The van der Waals surface area contributed by atoms with E-state index in [0.717, 1.165) is 0 Å². The van der Waals surface area contributed by atoms with Crippen LogP contribution >= 0.6 is 0 Å². The summed E-state index contributed by atoms with van der Waals surface area (Å²) in [6, 6.07) is 36.1. The second kappa shape index (κ2) is 5.81. The van der Waals surface area contributed by atoms with Gasteiger partial charge in [-0.2, -0.15) is 0 Å². The normalized spacial score (nSPS) is 14.1. The molecule has 0 saturated carbocycles. The lowest BCUT2D eigenvalue weighted by molar-refractivity contribution is 0.769. The number of aryl methyl sites for hydroxylation is 2. The highest BCUT2D eigenvalue weighted by Crippen LogP contribution is 2.56. The van der Waals surface area contributed by atoms with Crippen LogP contribution in [-0.4, -0.2) is 0 Å². The summed E-state index contributed by atoms with van der Waals surface area (Å²) in [7, 11) is 0. The van der Waals surface area contributed by atoms with Crippen molar-refractivity contribution >= 4 is 21.5 Å². The van der Waals surface area contributed by atoms with E-state index in [-0.39, 0.29) is 5.41 Å². The molecule has 138 valence electrons. The van der Waals surface area contributed by atoms with Crippen LogP contribution in [0.4, 0.5) is 0 Å². The smallest absolute Gasteiger partial charge is 0.0622 e. The molecule has 0 saturated heterocycles. The van der Waals surface area contributed by atoms with Gasteiger partial charge < -0.3 is 0 Å². The molecular weight excluding hydrogens is 348 g/mol. The average Bonchev–Trinajstić information content (AvgIpc) is 3.04. The van der Waals surface area contributed by atoms with Gasteiger partial charge in [0, 0.05) is 0 Å². The molecule has 0 spiro atoms. The van der Waals surface area contributed by atoms with Crippen molar-refractivity contribution < 1.29 is 0 Å². The molecule has 0 unspecified atom stereocenters. The van der Waals surface area contributed by atoms with E-state index in [1.54, 1.807) is 0 Å². The lowest BCUT2D eigenvalue weighted by Gasteiger charge is -2.34. The Morgan fingerprint density at radius 3 is 1.31 bits per heavy atom. The predicted octanol–water partition coefficient (Wildman–Crippen LogP) is 7.31. The van der Waals surface area contributed by atoms with Crippen molar-refractivity contribution in [1.82, 2.24) is 0 Å². The van der Waals surface area contributed by atoms with Gasteiger partial charge in [0.1, 0.15) is 0 Å². The molecular formula is C29H22. The molecule has 0 aliphatic heterocycles. The molecule has 0 aromatic heterocycles.